The number of likely N-dealkylation sites (tertiary alicyclic amines) is 1. The Kier molecular flexibility index (Phi) is 5.80. The first-order valence-corrected chi connectivity index (χ1v) is 9.76. The van der Waals surface area contributed by atoms with Gasteiger partial charge in [0.2, 0.25) is 16.9 Å². The van der Waals surface area contributed by atoms with E-state index >= 15 is 0 Å². The number of anilines is 1. The van der Waals surface area contributed by atoms with Crippen LogP contribution in [0.4, 0.5) is 5.13 Å². The number of aryl methyl sites for hydroxylation is 1. The molecule has 1 amide bonds. The minimum atomic E-state index is -0.0951. The zero-order valence-electron chi connectivity index (χ0n) is 13.7. The Morgan fingerprint density at radius 3 is 3.08 bits per heavy atom. The van der Waals surface area contributed by atoms with Crippen LogP contribution in [0.3, 0.4) is 0 Å². The lowest BCUT2D eigenvalue weighted by molar-refractivity contribution is -0.118. The predicted molar refractivity (Wildman–Crippen MR) is 92.1 cm³/mol. The van der Waals surface area contributed by atoms with Gasteiger partial charge in [-0.05, 0) is 32.1 Å². The smallest absolute Gasteiger partial charge is 0.243 e. The first-order chi connectivity index (χ1) is 11.7. The van der Waals surface area contributed by atoms with E-state index in [1.54, 1.807) is 18.7 Å². The molecular weight excluding hydrogens is 348 g/mol. The summed E-state index contributed by atoms with van der Waals surface area (Å²) in [6.07, 6.45) is 3.08. The largest absolute Gasteiger partial charge is 0.338 e. The molecule has 1 aliphatic rings. The number of rotatable bonds is 6. The molecule has 10 heteroatoms. The summed E-state index contributed by atoms with van der Waals surface area (Å²) < 4.78 is 6.17. The number of nitrogens with zero attached hydrogens (tertiary/aromatic N) is 5. The summed E-state index contributed by atoms with van der Waals surface area (Å²) in [6.45, 7) is 4.97. The lowest BCUT2D eigenvalue weighted by Gasteiger charge is -2.32. The number of hydrogen-bond acceptors (Lipinski definition) is 9. The first-order valence-electron chi connectivity index (χ1n) is 7.96. The summed E-state index contributed by atoms with van der Waals surface area (Å²) >= 11 is 3.01. The molecule has 1 aliphatic heterocycles. The van der Waals surface area contributed by atoms with Gasteiger partial charge in [-0.1, -0.05) is 41.6 Å². The fraction of sp³-hybridized carbons (Fsp3) is 0.643. The van der Waals surface area contributed by atoms with Crippen LogP contribution in [0.15, 0.2) is 8.86 Å². The molecule has 0 radical (unpaired) electrons. The maximum Gasteiger partial charge on any atom is 0.243 e. The van der Waals surface area contributed by atoms with Gasteiger partial charge in [-0.2, -0.15) is 4.98 Å². The molecule has 3 rings (SSSR count). The van der Waals surface area contributed by atoms with Gasteiger partial charge >= 0.3 is 0 Å². The van der Waals surface area contributed by atoms with Crippen LogP contribution in [0.5, 0.6) is 0 Å². The Labute approximate surface area is 148 Å². The van der Waals surface area contributed by atoms with E-state index in [-0.39, 0.29) is 18.5 Å². The molecule has 1 fully saturated rings. The fourth-order valence-electron chi connectivity index (χ4n) is 2.69. The molecule has 1 atom stereocenters. The van der Waals surface area contributed by atoms with Crippen molar-refractivity contribution in [2.45, 2.75) is 43.5 Å². The SMILES string of the molecule is CCSc1nnc(NC(=O)CN2CCCC[C@@H]2c2nc(C)no2)s1. The summed E-state index contributed by atoms with van der Waals surface area (Å²) in [5, 5.41) is 15.3. The van der Waals surface area contributed by atoms with Crippen molar-refractivity contribution in [3.05, 3.63) is 11.7 Å². The van der Waals surface area contributed by atoms with Crippen LogP contribution < -0.4 is 5.32 Å². The normalized spacial score (nSPS) is 18.7. The average Bonchev–Trinajstić information content (AvgIpc) is 3.17. The second-order valence-corrected chi connectivity index (χ2v) is 8.00. The van der Waals surface area contributed by atoms with Gasteiger partial charge < -0.3 is 4.52 Å². The Balaban J connectivity index is 1.60. The molecule has 2 aromatic rings. The van der Waals surface area contributed by atoms with Crippen molar-refractivity contribution >= 4 is 34.1 Å². The monoisotopic (exact) mass is 368 g/mol. The molecule has 0 saturated carbocycles. The van der Waals surface area contributed by atoms with E-state index in [1.165, 1.54) is 11.3 Å². The molecule has 0 bridgehead atoms. The van der Waals surface area contributed by atoms with Crippen LogP contribution in [-0.4, -0.2) is 50.0 Å². The van der Waals surface area contributed by atoms with Crippen LogP contribution >= 0.6 is 23.1 Å². The third-order valence-corrected chi connectivity index (χ3v) is 5.56. The number of thioether (sulfide) groups is 1. The van der Waals surface area contributed by atoms with Gasteiger partial charge in [0.25, 0.3) is 0 Å². The highest BCUT2D eigenvalue weighted by molar-refractivity contribution is 8.01. The van der Waals surface area contributed by atoms with E-state index in [1.807, 2.05) is 0 Å². The van der Waals surface area contributed by atoms with Crippen molar-refractivity contribution in [3.63, 3.8) is 0 Å². The highest BCUT2D eigenvalue weighted by Gasteiger charge is 2.30. The van der Waals surface area contributed by atoms with E-state index in [2.05, 4.69) is 37.5 Å². The zero-order valence-corrected chi connectivity index (χ0v) is 15.3. The van der Waals surface area contributed by atoms with Crippen LogP contribution in [0, 0.1) is 6.92 Å². The Morgan fingerprint density at radius 1 is 1.46 bits per heavy atom. The number of piperidine rings is 1. The van der Waals surface area contributed by atoms with Crippen LogP contribution in [-0.2, 0) is 4.79 Å². The van der Waals surface area contributed by atoms with Gasteiger partial charge in [0.15, 0.2) is 10.2 Å². The van der Waals surface area contributed by atoms with Gasteiger partial charge in [-0.25, -0.2) is 0 Å². The third-order valence-electron chi connectivity index (χ3n) is 3.71. The molecular formula is C14H20N6O2S2. The molecule has 0 aromatic carbocycles. The molecule has 1 N–H and O–H groups in total. The number of carbonyl (C=O) groups excluding carboxylic acids is 1. The lowest BCUT2D eigenvalue weighted by Crippen LogP contribution is -2.39. The van der Waals surface area contributed by atoms with Crippen molar-refractivity contribution in [1.29, 1.82) is 0 Å². The van der Waals surface area contributed by atoms with Crippen LogP contribution in [0.25, 0.3) is 0 Å². The molecule has 8 nitrogen and oxygen atoms in total. The summed E-state index contributed by atoms with van der Waals surface area (Å²) in [5.41, 5.74) is 0. The number of aromatic nitrogens is 4. The van der Waals surface area contributed by atoms with Gasteiger partial charge in [0.1, 0.15) is 0 Å². The molecule has 2 aromatic heterocycles. The Hall–Kier alpha value is -1.52. The third kappa shape index (κ3) is 4.31. The van der Waals surface area contributed by atoms with E-state index in [9.17, 15) is 4.79 Å². The van der Waals surface area contributed by atoms with Crippen LogP contribution in [0.2, 0.25) is 0 Å². The molecule has 1 saturated heterocycles. The minimum Gasteiger partial charge on any atom is -0.338 e. The second kappa shape index (κ2) is 8.04. The van der Waals surface area contributed by atoms with Crippen molar-refractivity contribution in [2.75, 3.05) is 24.2 Å². The van der Waals surface area contributed by atoms with E-state index in [0.717, 1.165) is 35.9 Å². The molecule has 24 heavy (non-hydrogen) atoms. The summed E-state index contributed by atoms with van der Waals surface area (Å²) in [6, 6.07) is 0.00586. The number of nitrogens with one attached hydrogen (secondary N) is 1. The van der Waals surface area contributed by atoms with E-state index < -0.39 is 0 Å². The van der Waals surface area contributed by atoms with Crippen molar-refractivity contribution in [1.82, 2.24) is 25.2 Å². The fourth-order valence-corrected chi connectivity index (χ4v) is 4.36. The van der Waals surface area contributed by atoms with E-state index in [0.29, 0.717) is 16.8 Å². The molecule has 3 heterocycles. The van der Waals surface area contributed by atoms with Gasteiger partial charge in [0, 0.05) is 0 Å². The summed E-state index contributed by atoms with van der Waals surface area (Å²) in [7, 11) is 0. The highest BCUT2D eigenvalue weighted by Crippen LogP contribution is 2.30. The molecule has 0 unspecified atom stereocenters. The predicted octanol–water partition coefficient (Wildman–Crippen LogP) is 2.51. The number of amides is 1. The molecule has 0 spiro atoms. The summed E-state index contributed by atoms with van der Waals surface area (Å²) in [4.78, 5) is 18.8. The highest BCUT2D eigenvalue weighted by atomic mass is 32.2. The molecule has 130 valence electrons. The van der Waals surface area contributed by atoms with Crippen LogP contribution in [0.1, 0.15) is 43.9 Å². The van der Waals surface area contributed by atoms with Gasteiger partial charge in [-0.15, -0.1) is 10.2 Å². The van der Waals surface area contributed by atoms with Crippen molar-refractivity contribution in [2.24, 2.45) is 0 Å². The standard InChI is InChI=1S/C14H20N6O2S2/c1-3-23-14-18-17-13(24-14)16-11(21)8-20-7-5-4-6-10(20)12-15-9(2)19-22-12/h10H,3-8H2,1-2H3,(H,16,17,21)/t10-/m1/s1. The zero-order chi connectivity index (χ0) is 16.9. The maximum absolute atomic E-state index is 12.3. The lowest BCUT2D eigenvalue weighted by atomic mass is 10.0. The topological polar surface area (TPSA) is 97.0 Å². The van der Waals surface area contributed by atoms with Crippen molar-refractivity contribution in [3.8, 4) is 0 Å². The number of hydrogen-bond donors (Lipinski definition) is 1. The quantitative estimate of drug-likeness (QED) is 0.613. The van der Waals surface area contributed by atoms with Crippen molar-refractivity contribution < 1.29 is 9.32 Å². The van der Waals surface area contributed by atoms with E-state index in [4.69, 9.17) is 4.52 Å². The second-order valence-electron chi connectivity index (χ2n) is 5.52. The number of carbonyl (C=O) groups is 1. The Morgan fingerprint density at radius 2 is 2.33 bits per heavy atom. The average molecular weight is 368 g/mol. The minimum absolute atomic E-state index is 0.00586. The van der Waals surface area contributed by atoms with Gasteiger partial charge in [0.05, 0.1) is 12.6 Å². The Bertz CT molecular complexity index is 688. The molecule has 0 aliphatic carbocycles. The first kappa shape index (κ1) is 17.3. The summed E-state index contributed by atoms with van der Waals surface area (Å²) in [5.74, 6) is 2.05. The van der Waals surface area contributed by atoms with Gasteiger partial charge in [-0.3, -0.25) is 15.0 Å². The maximum atomic E-state index is 12.3.